The summed E-state index contributed by atoms with van der Waals surface area (Å²) in [5.74, 6) is 1.06. The third-order valence-corrected chi connectivity index (χ3v) is 9.55. The Morgan fingerprint density at radius 1 is 0.814 bits per heavy atom. The number of amides is 3. The van der Waals surface area contributed by atoms with Gasteiger partial charge in [-0.1, -0.05) is 45.0 Å². The highest BCUT2D eigenvalue weighted by atomic mass is 32.2. The predicted octanol–water partition coefficient (Wildman–Crippen LogP) is 4.91. The third kappa shape index (κ3) is 11.3. The average molecular weight is 833 g/mol. The second kappa shape index (κ2) is 18.6. The normalized spacial score (nSPS) is 13.1. The fourth-order valence-electron chi connectivity index (χ4n) is 5.95. The number of ether oxygens (including phenoxy) is 3. The van der Waals surface area contributed by atoms with Gasteiger partial charge in [-0.3, -0.25) is 9.52 Å². The summed E-state index contributed by atoms with van der Waals surface area (Å²) in [6.45, 7) is 4.74. The number of carbonyl (C=O) groups is 2. The molecular weight excluding hydrogens is 785 g/mol. The summed E-state index contributed by atoms with van der Waals surface area (Å²) in [5.41, 5.74) is 1.96. The quantitative estimate of drug-likeness (QED) is 0.0642. The first-order valence-corrected chi connectivity index (χ1v) is 20.1. The lowest BCUT2D eigenvalue weighted by Crippen LogP contribution is -2.45. The Morgan fingerprint density at radius 2 is 1.51 bits per heavy atom. The zero-order chi connectivity index (χ0) is 43.1. The van der Waals surface area contributed by atoms with E-state index in [-0.39, 0.29) is 28.4 Å². The van der Waals surface area contributed by atoms with Gasteiger partial charge in [0.2, 0.25) is 10.0 Å². The number of hydrogen-bond donors (Lipinski definition) is 9. The SMILES string of the molecule is COc1cc(Nc2cc(Oc3ccc(NC(=O)Nc4cc(C(C)(C)C)cc(NS(C)(=O)=O)c4OC)c4ccccc34)ccn2)ccc1C(=O)NC[C@H](O)C(O)C(O)CO. The van der Waals surface area contributed by atoms with E-state index in [4.69, 9.17) is 19.3 Å². The first kappa shape index (κ1) is 43.9. The molecule has 17 nitrogen and oxygen atoms in total. The van der Waals surface area contributed by atoms with Crippen molar-refractivity contribution in [3.63, 3.8) is 0 Å². The number of urea groups is 1. The van der Waals surface area contributed by atoms with Crippen molar-refractivity contribution in [2.24, 2.45) is 0 Å². The Kier molecular flexibility index (Phi) is 13.9. The van der Waals surface area contributed by atoms with Crippen molar-refractivity contribution in [3.05, 3.63) is 96.2 Å². The number of hydrogen-bond acceptors (Lipinski definition) is 13. The molecule has 0 saturated carbocycles. The fraction of sp³-hybridized carbons (Fsp3) is 0.293. The minimum Gasteiger partial charge on any atom is -0.496 e. The number of nitrogens with one attached hydrogen (secondary N) is 5. The molecule has 0 radical (unpaired) electrons. The van der Waals surface area contributed by atoms with E-state index in [1.54, 1.807) is 54.7 Å². The van der Waals surface area contributed by atoms with Crippen LogP contribution in [0.2, 0.25) is 0 Å². The molecule has 0 spiro atoms. The van der Waals surface area contributed by atoms with E-state index in [1.165, 1.54) is 20.3 Å². The number of anilines is 5. The van der Waals surface area contributed by atoms with E-state index in [0.29, 0.717) is 39.5 Å². The molecule has 0 aliphatic heterocycles. The number of aliphatic hydroxyl groups excluding tert-OH is 4. The molecule has 5 rings (SSSR count). The summed E-state index contributed by atoms with van der Waals surface area (Å²) in [6.07, 6.45) is -2.17. The largest absolute Gasteiger partial charge is 0.496 e. The fourth-order valence-corrected chi connectivity index (χ4v) is 6.50. The smallest absolute Gasteiger partial charge is 0.323 e. The summed E-state index contributed by atoms with van der Waals surface area (Å²) in [7, 11) is -0.895. The topological polar surface area (TPSA) is 250 Å². The monoisotopic (exact) mass is 832 g/mol. The molecule has 314 valence electrons. The maximum atomic E-state index is 13.5. The minimum absolute atomic E-state index is 0.139. The van der Waals surface area contributed by atoms with Crippen LogP contribution in [-0.4, -0.2) is 97.7 Å². The summed E-state index contributed by atoms with van der Waals surface area (Å²) in [5, 5.41) is 51.1. The Hall–Kier alpha value is -6.18. The van der Waals surface area contributed by atoms with Gasteiger partial charge in [0.1, 0.15) is 35.3 Å². The molecule has 4 aromatic carbocycles. The summed E-state index contributed by atoms with van der Waals surface area (Å²) in [6, 6.07) is 21.6. The highest BCUT2D eigenvalue weighted by Crippen LogP contribution is 2.40. The van der Waals surface area contributed by atoms with Crippen LogP contribution >= 0.6 is 0 Å². The maximum absolute atomic E-state index is 13.5. The molecule has 1 heterocycles. The predicted molar refractivity (Wildman–Crippen MR) is 225 cm³/mol. The number of benzene rings is 4. The van der Waals surface area contributed by atoms with Crippen molar-refractivity contribution < 1.29 is 52.6 Å². The van der Waals surface area contributed by atoms with Crippen LogP contribution < -0.4 is 40.2 Å². The molecule has 0 aliphatic carbocycles. The first-order chi connectivity index (χ1) is 27.9. The van der Waals surface area contributed by atoms with Crippen LogP contribution in [0.5, 0.6) is 23.0 Å². The molecule has 0 fully saturated rings. The summed E-state index contributed by atoms with van der Waals surface area (Å²) < 4.78 is 44.1. The van der Waals surface area contributed by atoms with E-state index in [1.807, 2.05) is 45.0 Å². The molecule has 59 heavy (non-hydrogen) atoms. The van der Waals surface area contributed by atoms with Gasteiger partial charge in [-0.2, -0.15) is 0 Å². The lowest BCUT2D eigenvalue weighted by Gasteiger charge is -2.24. The Morgan fingerprint density at radius 3 is 2.17 bits per heavy atom. The van der Waals surface area contributed by atoms with E-state index in [2.05, 4.69) is 31.0 Å². The molecule has 2 unspecified atom stereocenters. The molecule has 5 aromatic rings. The molecule has 18 heteroatoms. The molecule has 0 aliphatic rings. The van der Waals surface area contributed by atoms with Crippen molar-refractivity contribution >= 4 is 61.3 Å². The van der Waals surface area contributed by atoms with Crippen LogP contribution in [0.1, 0.15) is 36.7 Å². The van der Waals surface area contributed by atoms with Crippen LogP contribution in [0.15, 0.2) is 85.1 Å². The van der Waals surface area contributed by atoms with Crippen molar-refractivity contribution in [1.29, 1.82) is 0 Å². The van der Waals surface area contributed by atoms with Gasteiger partial charge < -0.3 is 55.9 Å². The van der Waals surface area contributed by atoms with Crippen molar-refractivity contribution in [1.82, 2.24) is 10.3 Å². The number of sulfonamides is 1. The second-order valence-corrected chi connectivity index (χ2v) is 16.3. The average Bonchev–Trinajstić information content (AvgIpc) is 3.19. The molecule has 1 aromatic heterocycles. The number of aromatic nitrogens is 1. The molecule has 0 bridgehead atoms. The Bertz CT molecular complexity index is 2420. The number of rotatable bonds is 16. The first-order valence-electron chi connectivity index (χ1n) is 18.2. The zero-order valence-corrected chi connectivity index (χ0v) is 34.0. The molecule has 9 N–H and O–H groups in total. The van der Waals surface area contributed by atoms with Crippen LogP contribution in [0, 0.1) is 0 Å². The van der Waals surface area contributed by atoms with Gasteiger partial charge >= 0.3 is 6.03 Å². The third-order valence-electron chi connectivity index (χ3n) is 8.96. The second-order valence-electron chi connectivity index (χ2n) is 14.5. The molecule has 3 atom stereocenters. The number of aliphatic hydroxyl groups is 4. The lowest BCUT2D eigenvalue weighted by atomic mass is 9.86. The van der Waals surface area contributed by atoms with Crippen molar-refractivity contribution in [3.8, 4) is 23.0 Å². The minimum atomic E-state index is -3.66. The van der Waals surface area contributed by atoms with Gasteiger partial charge in [0.05, 0.1) is 55.8 Å². The number of fused-ring (bicyclic) bond motifs is 1. The van der Waals surface area contributed by atoms with Crippen LogP contribution in [0.4, 0.5) is 33.4 Å². The molecular formula is C41H48N6O11S. The zero-order valence-electron chi connectivity index (χ0n) is 33.2. The van der Waals surface area contributed by atoms with E-state index >= 15 is 0 Å². The number of carbonyl (C=O) groups excluding carboxylic acids is 2. The van der Waals surface area contributed by atoms with Crippen molar-refractivity contribution in [2.75, 3.05) is 54.3 Å². The number of nitrogens with zero attached hydrogens (tertiary/aromatic N) is 1. The van der Waals surface area contributed by atoms with E-state index in [9.17, 15) is 33.3 Å². The van der Waals surface area contributed by atoms with Gasteiger partial charge in [-0.05, 0) is 53.4 Å². The Balaban J connectivity index is 1.31. The van der Waals surface area contributed by atoms with Crippen LogP contribution in [0.3, 0.4) is 0 Å². The van der Waals surface area contributed by atoms with Crippen LogP contribution in [-0.2, 0) is 15.4 Å². The summed E-state index contributed by atoms with van der Waals surface area (Å²) in [4.78, 5) is 30.7. The number of pyridine rings is 1. The highest BCUT2D eigenvalue weighted by Gasteiger charge is 2.26. The number of methoxy groups -OCH3 is 2. The van der Waals surface area contributed by atoms with Gasteiger partial charge in [0.15, 0.2) is 5.75 Å². The summed E-state index contributed by atoms with van der Waals surface area (Å²) >= 11 is 0. The van der Waals surface area contributed by atoms with Gasteiger partial charge in [0.25, 0.3) is 5.91 Å². The van der Waals surface area contributed by atoms with Gasteiger partial charge in [-0.25, -0.2) is 18.2 Å². The van der Waals surface area contributed by atoms with Crippen LogP contribution in [0.25, 0.3) is 10.8 Å². The maximum Gasteiger partial charge on any atom is 0.323 e. The lowest BCUT2D eigenvalue weighted by molar-refractivity contribution is -0.0743. The highest BCUT2D eigenvalue weighted by molar-refractivity contribution is 7.92. The van der Waals surface area contributed by atoms with Gasteiger partial charge in [-0.15, -0.1) is 0 Å². The standard InChI is InChI=1S/C41H48N6O11S/c1-41(2,3)23-17-30(38(57-5)31(18-23)47-59(6,54)55)46-40(53)45-29-13-14-34(27-10-8-7-9-26(27)29)58-25-15-16-42-36(20-25)44-24-11-12-28(35(19-24)56-4)39(52)43-21-32(49)37(51)33(50)22-48/h7-20,32-33,37,47-51H,21-22H2,1-6H3,(H,42,44)(H,43,52)(H2,45,46,53)/t32-,33?,37?/m0/s1. The van der Waals surface area contributed by atoms with E-state index in [0.717, 1.165) is 11.8 Å². The van der Waals surface area contributed by atoms with Gasteiger partial charge in [0, 0.05) is 41.3 Å². The molecule has 3 amide bonds. The molecule has 0 saturated heterocycles. The van der Waals surface area contributed by atoms with Crippen molar-refractivity contribution in [2.45, 2.75) is 44.5 Å². The Labute approximate surface area is 341 Å². The van der Waals surface area contributed by atoms with E-state index < -0.39 is 58.8 Å².